The first-order valence-corrected chi connectivity index (χ1v) is 5.78. The molecule has 0 aliphatic rings. The van der Waals surface area contributed by atoms with E-state index in [2.05, 4.69) is 11.8 Å². The monoisotopic (exact) mass is 225 g/mol. The molecule has 0 bridgehead atoms. The van der Waals surface area contributed by atoms with Gasteiger partial charge < -0.3 is 10.0 Å². The van der Waals surface area contributed by atoms with Gasteiger partial charge in [-0.15, -0.1) is 0 Å². The van der Waals surface area contributed by atoms with Crippen LogP contribution in [0.4, 0.5) is 4.39 Å². The van der Waals surface area contributed by atoms with Crippen LogP contribution in [0, 0.1) is 5.82 Å². The number of phenolic OH excluding ortho intramolecular Hbond substituents is 1. The van der Waals surface area contributed by atoms with E-state index in [-0.39, 0.29) is 11.6 Å². The van der Waals surface area contributed by atoms with Gasteiger partial charge in [-0.2, -0.15) is 0 Å². The summed E-state index contributed by atoms with van der Waals surface area (Å²) in [6, 6.07) is 4.20. The lowest BCUT2D eigenvalue weighted by atomic mass is 10.2. The summed E-state index contributed by atoms with van der Waals surface area (Å²) in [5, 5.41) is 9.26. The van der Waals surface area contributed by atoms with Gasteiger partial charge in [0.05, 0.1) is 0 Å². The Balaban J connectivity index is 2.45. The van der Waals surface area contributed by atoms with Crippen molar-refractivity contribution in [3.63, 3.8) is 0 Å². The number of hydrogen-bond acceptors (Lipinski definition) is 2. The summed E-state index contributed by atoms with van der Waals surface area (Å²) in [5.41, 5.74) is 0.816. The largest absolute Gasteiger partial charge is 0.508 e. The van der Waals surface area contributed by atoms with Gasteiger partial charge in [-0.25, -0.2) is 4.39 Å². The smallest absolute Gasteiger partial charge is 0.127 e. The highest BCUT2D eigenvalue weighted by Gasteiger charge is 2.03. The molecule has 0 aliphatic carbocycles. The second-order valence-electron chi connectivity index (χ2n) is 4.26. The average molecular weight is 225 g/mol. The number of halogens is 1. The third-order valence-corrected chi connectivity index (χ3v) is 2.54. The molecular formula is C13H20FNO. The average Bonchev–Trinajstić information content (AvgIpc) is 2.16. The van der Waals surface area contributed by atoms with Gasteiger partial charge in [0.15, 0.2) is 0 Å². The number of unbranched alkanes of at least 4 members (excludes halogenated alkanes) is 2. The minimum Gasteiger partial charge on any atom is -0.508 e. The van der Waals surface area contributed by atoms with Crippen LogP contribution in [0.15, 0.2) is 18.2 Å². The third-order valence-electron chi connectivity index (χ3n) is 2.54. The van der Waals surface area contributed by atoms with E-state index in [0.717, 1.165) is 24.6 Å². The second kappa shape index (κ2) is 6.48. The maximum absolute atomic E-state index is 13.0. The van der Waals surface area contributed by atoms with Gasteiger partial charge in [-0.1, -0.05) is 19.8 Å². The van der Waals surface area contributed by atoms with Crippen LogP contribution in [0.25, 0.3) is 0 Å². The Bertz CT molecular complexity index is 307. The molecule has 1 N–H and O–H groups in total. The summed E-state index contributed by atoms with van der Waals surface area (Å²) in [5.74, 6) is -0.381. The first kappa shape index (κ1) is 13.0. The minimum atomic E-state index is -0.378. The fourth-order valence-corrected chi connectivity index (χ4v) is 1.75. The quantitative estimate of drug-likeness (QED) is 0.752. The molecule has 0 fully saturated rings. The number of rotatable bonds is 6. The summed E-state index contributed by atoms with van der Waals surface area (Å²) in [4.78, 5) is 2.14. The fourth-order valence-electron chi connectivity index (χ4n) is 1.75. The first-order valence-electron chi connectivity index (χ1n) is 5.78. The Labute approximate surface area is 96.7 Å². The molecule has 0 radical (unpaired) electrons. The lowest BCUT2D eigenvalue weighted by molar-refractivity contribution is 0.317. The normalized spacial score (nSPS) is 11.0. The van der Waals surface area contributed by atoms with E-state index in [9.17, 15) is 9.50 Å². The Morgan fingerprint density at radius 2 is 2.00 bits per heavy atom. The molecule has 2 nitrogen and oxygen atoms in total. The first-order chi connectivity index (χ1) is 7.61. The molecule has 1 aromatic rings. The molecule has 90 valence electrons. The van der Waals surface area contributed by atoms with Crippen molar-refractivity contribution in [3.05, 3.63) is 29.6 Å². The van der Waals surface area contributed by atoms with E-state index in [1.54, 1.807) is 6.07 Å². The van der Waals surface area contributed by atoms with Crippen LogP contribution in [0.2, 0.25) is 0 Å². The van der Waals surface area contributed by atoms with Gasteiger partial charge in [0, 0.05) is 12.6 Å². The zero-order valence-corrected chi connectivity index (χ0v) is 10.0. The van der Waals surface area contributed by atoms with E-state index in [4.69, 9.17) is 0 Å². The van der Waals surface area contributed by atoms with Crippen LogP contribution < -0.4 is 0 Å². The van der Waals surface area contributed by atoms with Crippen molar-refractivity contribution in [3.8, 4) is 5.75 Å². The van der Waals surface area contributed by atoms with E-state index in [0.29, 0.717) is 6.54 Å². The highest BCUT2D eigenvalue weighted by atomic mass is 19.1. The number of aromatic hydroxyl groups is 1. The fraction of sp³-hybridized carbons (Fsp3) is 0.538. The Hall–Kier alpha value is -1.09. The van der Waals surface area contributed by atoms with Crippen molar-refractivity contribution >= 4 is 0 Å². The summed E-state index contributed by atoms with van der Waals surface area (Å²) in [6.07, 6.45) is 3.58. The van der Waals surface area contributed by atoms with Gasteiger partial charge in [0.1, 0.15) is 11.6 Å². The molecule has 16 heavy (non-hydrogen) atoms. The molecule has 0 unspecified atom stereocenters. The number of benzene rings is 1. The topological polar surface area (TPSA) is 23.5 Å². The molecule has 0 aliphatic heterocycles. The summed E-state index contributed by atoms with van der Waals surface area (Å²) in [7, 11) is 2.01. The molecule has 3 heteroatoms. The number of phenols is 1. The summed E-state index contributed by atoms with van der Waals surface area (Å²) in [6.45, 7) is 3.85. The highest BCUT2D eigenvalue weighted by molar-refractivity contribution is 5.28. The lowest BCUT2D eigenvalue weighted by Gasteiger charge is -2.16. The summed E-state index contributed by atoms with van der Waals surface area (Å²) >= 11 is 0. The van der Waals surface area contributed by atoms with Gasteiger partial charge >= 0.3 is 0 Å². The number of hydrogen-bond donors (Lipinski definition) is 1. The lowest BCUT2D eigenvalue weighted by Crippen LogP contribution is -2.19. The third kappa shape index (κ3) is 4.62. The van der Waals surface area contributed by atoms with Crippen LogP contribution in [-0.2, 0) is 6.54 Å². The van der Waals surface area contributed by atoms with Crippen LogP contribution in [-0.4, -0.2) is 23.6 Å². The molecule has 0 saturated heterocycles. The van der Waals surface area contributed by atoms with Crippen molar-refractivity contribution in [1.82, 2.24) is 4.90 Å². The van der Waals surface area contributed by atoms with Crippen molar-refractivity contribution in [1.29, 1.82) is 0 Å². The zero-order chi connectivity index (χ0) is 12.0. The van der Waals surface area contributed by atoms with Crippen LogP contribution in [0.1, 0.15) is 31.7 Å². The molecule has 0 heterocycles. The van der Waals surface area contributed by atoms with Crippen LogP contribution in [0.5, 0.6) is 5.75 Å². The molecule has 1 rings (SSSR count). The standard InChI is InChI=1S/C13H20FNO/c1-3-4-5-6-15(2)10-11-7-12(14)9-13(16)8-11/h7-9,16H,3-6,10H2,1-2H3. The van der Waals surface area contributed by atoms with Crippen LogP contribution in [0.3, 0.4) is 0 Å². The molecule has 0 saturated carbocycles. The van der Waals surface area contributed by atoms with Crippen molar-refractivity contribution in [2.24, 2.45) is 0 Å². The van der Waals surface area contributed by atoms with E-state index in [1.807, 2.05) is 7.05 Å². The zero-order valence-electron chi connectivity index (χ0n) is 10.0. The van der Waals surface area contributed by atoms with Gasteiger partial charge in [-0.05, 0) is 37.7 Å². The molecule has 0 spiro atoms. The predicted molar refractivity (Wildman–Crippen MR) is 63.9 cm³/mol. The Morgan fingerprint density at radius 1 is 1.25 bits per heavy atom. The maximum Gasteiger partial charge on any atom is 0.127 e. The van der Waals surface area contributed by atoms with Gasteiger partial charge in [0.25, 0.3) is 0 Å². The highest BCUT2D eigenvalue weighted by Crippen LogP contribution is 2.15. The van der Waals surface area contributed by atoms with Gasteiger partial charge in [0.2, 0.25) is 0 Å². The Morgan fingerprint density at radius 3 is 2.62 bits per heavy atom. The second-order valence-corrected chi connectivity index (χ2v) is 4.26. The summed E-state index contributed by atoms with van der Waals surface area (Å²) < 4.78 is 13.0. The van der Waals surface area contributed by atoms with Crippen molar-refractivity contribution in [2.45, 2.75) is 32.7 Å². The van der Waals surface area contributed by atoms with E-state index < -0.39 is 0 Å². The molecular weight excluding hydrogens is 205 g/mol. The maximum atomic E-state index is 13.0. The van der Waals surface area contributed by atoms with E-state index >= 15 is 0 Å². The molecule has 0 amide bonds. The molecule has 0 atom stereocenters. The predicted octanol–water partition coefficient (Wildman–Crippen LogP) is 3.15. The number of nitrogens with zero attached hydrogens (tertiary/aromatic N) is 1. The molecule has 1 aromatic carbocycles. The van der Waals surface area contributed by atoms with Crippen molar-refractivity contribution in [2.75, 3.05) is 13.6 Å². The van der Waals surface area contributed by atoms with Gasteiger partial charge in [-0.3, -0.25) is 0 Å². The Kier molecular flexibility index (Phi) is 5.26. The minimum absolute atomic E-state index is 0.00282. The van der Waals surface area contributed by atoms with Crippen LogP contribution >= 0.6 is 0 Å². The molecule has 0 aromatic heterocycles. The van der Waals surface area contributed by atoms with Crippen molar-refractivity contribution < 1.29 is 9.50 Å². The SMILES string of the molecule is CCCCCN(C)Cc1cc(O)cc(F)c1. The van der Waals surface area contributed by atoms with E-state index in [1.165, 1.54) is 18.9 Å².